The molecule has 0 atom stereocenters. The van der Waals surface area contributed by atoms with Gasteiger partial charge in [0.25, 0.3) is 0 Å². The van der Waals surface area contributed by atoms with E-state index in [0.29, 0.717) is 12.1 Å². The molecule has 118 valence electrons. The van der Waals surface area contributed by atoms with Crippen LogP contribution in [0.1, 0.15) is 88.8 Å². The highest BCUT2D eigenvalue weighted by molar-refractivity contribution is 5.00. The molecule has 2 fully saturated rings. The molecule has 0 amide bonds. The summed E-state index contributed by atoms with van der Waals surface area (Å²) in [7, 11) is 0. The first-order chi connectivity index (χ1) is 10.4. The van der Waals surface area contributed by atoms with E-state index in [2.05, 4.69) is 22.3 Å². The van der Waals surface area contributed by atoms with Crippen molar-refractivity contribution in [1.82, 2.24) is 15.1 Å². The van der Waals surface area contributed by atoms with Gasteiger partial charge in [-0.15, -0.1) is 0 Å². The predicted molar refractivity (Wildman–Crippen MR) is 87.3 cm³/mol. The van der Waals surface area contributed by atoms with E-state index in [1.54, 1.807) is 0 Å². The van der Waals surface area contributed by atoms with Gasteiger partial charge < -0.3 is 5.32 Å². The molecule has 1 aromatic heterocycles. The summed E-state index contributed by atoms with van der Waals surface area (Å²) in [5.74, 6) is 0. The van der Waals surface area contributed by atoms with Crippen molar-refractivity contribution in [2.75, 3.05) is 0 Å². The molecule has 1 aromatic rings. The van der Waals surface area contributed by atoms with Gasteiger partial charge >= 0.3 is 0 Å². The Bertz CT molecular complexity index is 398. The Kier molecular flexibility index (Phi) is 5.73. The van der Waals surface area contributed by atoms with Crippen LogP contribution < -0.4 is 5.32 Å². The monoisotopic (exact) mass is 289 g/mol. The minimum atomic E-state index is 0.661. The van der Waals surface area contributed by atoms with Gasteiger partial charge in [0, 0.05) is 18.8 Å². The molecule has 3 heteroatoms. The summed E-state index contributed by atoms with van der Waals surface area (Å²) >= 11 is 0. The Hall–Kier alpha value is -0.830. The zero-order chi connectivity index (χ0) is 14.3. The van der Waals surface area contributed by atoms with Crippen LogP contribution in [0.2, 0.25) is 0 Å². The quantitative estimate of drug-likeness (QED) is 0.878. The zero-order valence-corrected chi connectivity index (χ0v) is 13.4. The minimum absolute atomic E-state index is 0.661. The van der Waals surface area contributed by atoms with Gasteiger partial charge in [0.05, 0.1) is 11.7 Å². The highest BCUT2D eigenvalue weighted by Gasteiger charge is 2.16. The molecule has 1 heterocycles. The van der Waals surface area contributed by atoms with Gasteiger partial charge in [0.2, 0.25) is 0 Å². The van der Waals surface area contributed by atoms with Crippen LogP contribution in [-0.2, 0) is 6.54 Å². The molecular formula is C18H31N3. The fourth-order valence-corrected chi connectivity index (χ4v) is 3.93. The van der Waals surface area contributed by atoms with Crippen LogP contribution in [0.3, 0.4) is 0 Å². The maximum absolute atomic E-state index is 4.81. The van der Waals surface area contributed by atoms with E-state index in [-0.39, 0.29) is 0 Å². The van der Waals surface area contributed by atoms with Crippen molar-refractivity contribution in [1.29, 1.82) is 0 Å². The molecule has 3 rings (SSSR count). The van der Waals surface area contributed by atoms with E-state index >= 15 is 0 Å². The molecule has 0 aromatic carbocycles. The number of hydrogen-bond acceptors (Lipinski definition) is 2. The summed E-state index contributed by atoms with van der Waals surface area (Å²) in [6.07, 6.45) is 18.8. The van der Waals surface area contributed by atoms with Crippen LogP contribution in [-0.4, -0.2) is 15.8 Å². The second-order valence-corrected chi connectivity index (χ2v) is 7.00. The third-order valence-electron chi connectivity index (χ3n) is 5.29. The first kappa shape index (κ1) is 15.1. The first-order valence-corrected chi connectivity index (χ1v) is 9.19. The summed E-state index contributed by atoms with van der Waals surface area (Å²) in [6.45, 7) is 0.949. The normalized spacial score (nSPS) is 22.9. The fourth-order valence-electron chi connectivity index (χ4n) is 3.93. The lowest BCUT2D eigenvalue weighted by atomic mass is 9.96. The van der Waals surface area contributed by atoms with Gasteiger partial charge in [0.15, 0.2) is 0 Å². The molecule has 3 nitrogen and oxygen atoms in total. The molecule has 0 radical (unpaired) electrons. The number of hydrogen-bond donors (Lipinski definition) is 1. The number of rotatable bonds is 4. The van der Waals surface area contributed by atoms with E-state index in [0.717, 1.165) is 6.54 Å². The lowest BCUT2D eigenvalue weighted by molar-refractivity contribution is 0.326. The van der Waals surface area contributed by atoms with Gasteiger partial charge in [-0.25, -0.2) is 0 Å². The smallest absolute Gasteiger partial charge is 0.0762 e. The van der Waals surface area contributed by atoms with Gasteiger partial charge in [-0.05, 0) is 31.7 Å². The van der Waals surface area contributed by atoms with Gasteiger partial charge in [-0.3, -0.25) is 4.68 Å². The maximum atomic E-state index is 4.81. The molecular weight excluding hydrogens is 258 g/mol. The third kappa shape index (κ3) is 4.57. The first-order valence-electron chi connectivity index (χ1n) is 9.19. The van der Waals surface area contributed by atoms with Crippen LogP contribution >= 0.6 is 0 Å². The van der Waals surface area contributed by atoms with Crippen molar-refractivity contribution in [2.24, 2.45) is 0 Å². The summed E-state index contributed by atoms with van der Waals surface area (Å²) in [5, 5.41) is 8.56. The summed E-state index contributed by atoms with van der Waals surface area (Å²) in [6, 6.07) is 3.59. The second-order valence-electron chi connectivity index (χ2n) is 7.00. The highest BCUT2D eigenvalue weighted by Crippen LogP contribution is 2.27. The molecule has 0 unspecified atom stereocenters. The van der Waals surface area contributed by atoms with Crippen molar-refractivity contribution in [3.63, 3.8) is 0 Å². The summed E-state index contributed by atoms with van der Waals surface area (Å²) in [5.41, 5.74) is 1.22. The SMILES string of the molecule is c1cn(C2CCCCC2)nc1CNC1CCCCCCC1. The van der Waals surface area contributed by atoms with Gasteiger partial charge in [0.1, 0.15) is 0 Å². The van der Waals surface area contributed by atoms with Crippen molar-refractivity contribution in [3.05, 3.63) is 18.0 Å². The van der Waals surface area contributed by atoms with Crippen LogP contribution in [0.25, 0.3) is 0 Å². The molecule has 0 spiro atoms. The standard InChI is InChI=1S/C18H31N3/c1-2-5-9-16(10-6-3-1)19-15-17-13-14-21(20-17)18-11-7-4-8-12-18/h13-14,16,18-19H,1-12,15H2. The molecule has 0 aliphatic heterocycles. The Morgan fingerprint density at radius 2 is 1.52 bits per heavy atom. The number of nitrogens with one attached hydrogen (secondary N) is 1. The molecule has 1 N–H and O–H groups in total. The Labute approximate surface area is 129 Å². The Morgan fingerprint density at radius 3 is 2.29 bits per heavy atom. The molecule has 0 saturated heterocycles. The van der Waals surface area contributed by atoms with Crippen LogP contribution in [0, 0.1) is 0 Å². The molecule has 2 saturated carbocycles. The Morgan fingerprint density at radius 1 is 0.905 bits per heavy atom. The van der Waals surface area contributed by atoms with Crippen molar-refractivity contribution < 1.29 is 0 Å². The fraction of sp³-hybridized carbons (Fsp3) is 0.833. The van der Waals surface area contributed by atoms with Crippen molar-refractivity contribution >= 4 is 0 Å². The van der Waals surface area contributed by atoms with Crippen LogP contribution in [0.5, 0.6) is 0 Å². The lowest BCUT2D eigenvalue weighted by Gasteiger charge is -2.22. The van der Waals surface area contributed by atoms with Crippen molar-refractivity contribution in [2.45, 2.75) is 95.7 Å². The largest absolute Gasteiger partial charge is 0.308 e. The second kappa shape index (κ2) is 7.98. The van der Waals surface area contributed by atoms with Crippen LogP contribution in [0.4, 0.5) is 0 Å². The van der Waals surface area contributed by atoms with Crippen molar-refractivity contribution in [3.8, 4) is 0 Å². The van der Waals surface area contributed by atoms with Gasteiger partial charge in [-0.2, -0.15) is 5.10 Å². The molecule has 2 aliphatic rings. The number of nitrogens with zero attached hydrogens (tertiary/aromatic N) is 2. The van der Waals surface area contributed by atoms with E-state index in [1.807, 2.05) is 0 Å². The van der Waals surface area contributed by atoms with E-state index < -0.39 is 0 Å². The average molecular weight is 289 g/mol. The topological polar surface area (TPSA) is 29.9 Å². The third-order valence-corrected chi connectivity index (χ3v) is 5.29. The maximum Gasteiger partial charge on any atom is 0.0762 e. The minimum Gasteiger partial charge on any atom is -0.308 e. The highest BCUT2D eigenvalue weighted by atomic mass is 15.3. The van der Waals surface area contributed by atoms with Gasteiger partial charge in [-0.1, -0.05) is 51.4 Å². The van der Waals surface area contributed by atoms with E-state index in [4.69, 9.17) is 5.10 Å². The summed E-state index contributed by atoms with van der Waals surface area (Å²) in [4.78, 5) is 0. The summed E-state index contributed by atoms with van der Waals surface area (Å²) < 4.78 is 2.23. The molecule has 21 heavy (non-hydrogen) atoms. The number of aromatic nitrogens is 2. The zero-order valence-electron chi connectivity index (χ0n) is 13.4. The molecule has 0 bridgehead atoms. The average Bonchev–Trinajstić information content (AvgIpc) is 2.96. The van der Waals surface area contributed by atoms with Crippen LogP contribution in [0.15, 0.2) is 12.3 Å². The molecule has 2 aliphatic carbocycles. The van der Waals surface area contributed by atoms with E-state index in [1.165, 1.54) is 82.7 Å². The lowest BCUT2D eigenvalue weighted by Crippen LogP contribution is -2.29. The predicted octanol–water partition coefficient (Wildman–Crippen LogP) is 4.59. The Balaban J connectivity index is 1.47. The van der Waals surface area contributed by atoms with E-state index in [9.17, 15) is 0 Å².